The number of hydrogen-bond acceptors (Lipinski definition) is 5. The lowest BCUT2D eigenvalue weighted by atomic mass is 10.1. The second-order valence-electron chi connectivity index (χ2n) is 4.93. The Morgan fingerprint density at radius 1 is 1.41 bits per heavy atom. The van der Waals surface area contributed by atoms with E-state index in [-0.39, 0.29) is 5.54 Å². The summed E-state index contributed by atoms with van der Waals surface area (Å²) < 4.78 is 1.84. The quantitative estimate of drug-likeness (QED) is 0.898. The fourth-order valence-electron chi connectivity index (χ4n) is 1.31. The van der Waals surface area contributed by atoms with Crippen molar-refractivity contribution in [2.75, 3.05) is 0 Å². The van der Waals surface area contributed by atoms with Crippen LogP contribution in [-0.2, 0) is 13.1 Å². The number of nitrogens with one attached hydrogen (secondary N) is 1. The summed E-state index contributed by atoms with van der Waals surface area (Å²) in [6.07, 6.45) is 3.62. The molecule has 5 nitrogen and oxygen atoms in total. The number of nitrogens with zero attached hydrogens (tertiary/aromatic N) is 4. The Balaban J connectivity index is 1.92. The summed E-state index contributed by atoms with van der Waals surface area (Å²) in [5.74, 6) is 0.824. The van der Waals surface area contributed by atoms with Gasteiger partial charge in [-0.3, -0.25) is 4.98 Å². The molecule has 0 aromatic carbocycles. The van der Waals surface area contributed by atoms with Gasteiger partial charge in [0.05, 0.1) is 18.6 Å². The van der Waals surface area contributed by atoms with Crippen molar-refractivity contribution in [2.45, 2.75) is 39.4 Å². The average molecular weight is 251 g/mol. The maximum atomic E-state index is 4.41. The maximum absolute atomic E-state index is 4.41. The predicted octanol–water partition coefficient (Wildman–Crippen LogP) is 1.67. The Kier molecular flexibility index (Phi) is 3.54. The van der Waals surface area contributed by atoms with Gasteiger partial charge in [-0.05, 0) is 20.8 Å². The number of aromatic nitrogens is 4. The summed E-state index contributed by atoms with van der Waals surface area (Å²) in [4.78, 5) is 9.50. The molecule has 92 valence electrons. The summed E-state index contributed by atoms with van der Waals surface area (Å²) in [6, 6.07) is 0. The van der Waals surface area contributed by atoms with E-state index in [0.717, 1.165) is 12.4 Å². The van der Waals surface area contributed by atoms with Crippen LogP contribution in [-0.4, -0.2) is 25.3 Å². The second kappa shape index (κ2) is 4.93. The van der Waals surface area contributed by atoms with E-state index < -0.39 is 0 Å². The Labute approximate surface area is 105 Å². The minimum absolute atomic E-state index is 0.0864. The highest BCUT2D eigenvalue weighted by Crippen LogP contribution is 2.07. The Morgan fingerprint density at radius 3 is 2.88 bits per heavy atom. The number of rotatable bonds is 4. The molecular formula is C11H17N5S. The van der Waals surface area contributed by atoms with Crippen LogP contribution >= 0.6 is 11.3 Å². The van der Waals surface area contributed by atoms with Crippen molar-refractivity contribution in [1.82, 2.24) is 25.1 Å². The third kappa shape index (κ3) is 3.90. The van der Waals surface area contributed by atoms with Crippen LogP contribution in [0, 0.1) is 0 Å². The monoisotopic (exact) mass is 251 g/mol. The molecule has 2 heterocycles. The molecule has 0 aliphatic heterocycles. The number of thiazole rings is 1. The zero-order valence-corrected chi connectivity index (χ0v) is 11.2. The van der Waals surface area contributed by atoms with Gasteiger partial charge in [-0.1, -0.05) is 0 Å². The average Bonchev–Trinajstić information content (AvgIpc) is 2.86. The van der Waals surface area contributed by atoms with E-state index in [4.69, 9.17) is 0 Å². The third-order valence-corrected chi connectivity index (χ3v) is 2.93. The fraction of sp³-hybridized carbons (Fsp3) is 0.545. The largest absolute Gasteiger partial charge is 0.305 e. The molecule has 0 spiro atoms. The van der Waals surface area contributed by atoms with Gasteiger partial charge >= 0.3 is 0 Å². The third-order valence-electron chi connectivity index (χ3n) is 2.16. The normalized spacial score (nSPS) is 11.9. The number of hydrogen-bond donors (Lipinski definition) is 1. The first-order valence-electron chi connectivity index (χ1n) is 5.54. The van der Waals surface area contributed by atoms with E-state index >= 15 is 0 Å². The summed E-state index contributed by atoms with van der Waals surface area (Å²) >= 11 is 1.63. The van der Waals surface area contributed by atoms with Crippen molar-refractivity contribution in [3.63, 3.8) is 0 Å². The molecule has 0 amide bonds. The molecule has 0 aliphatic carbocycles. The first-order valence-corrected chi connectivity index (χ1v) is 6.42. The zero-order chi connectivity index (χ0) is 12.3. The van der Waals surface area contributed by atoms with Crippen molar-refractivity contribution in [1.29, 1.82) is 0 Å². The first-order chi connectivity index (χ1) is 8.03. The molecule has 0 bridgehead atoms. The van der Waals surface area contributed by atoms with Crippen LogP contribution in [0.1, 0.15) is 31.5 Å². The molecule has 1 N–H and O–H groups in total. The van der Waals surface area contributed by atoms with E-state index in [1.807, 2.05) is 16.4 Å². The summed E-state index contributed by atoms with van der Waals surface area (Å²) in [5, 5.41) is 7.77. The van der Waals surface area contributed by atoms with E-state index in [1.165, 1.54) is 4.88 Å². The molecule has 0 radical (unpaired) electrons. The highest BCUT2D eigenvalue weighted by molar-refractivity contribution is 7.09. The Bertz CT molecular complexity index is 454. The molecule has 0 fully saturated rings. The molecule has 17 heavy (non-hydrogen) atoms. The van der Waals surface area contributed by atoms with E-state index in [9.17, 15) is 0 Å². The van der Waals surface area contributed by atoms with Crippen LogP contribution in [0.25, 0.3) is 0 Å². The van der Waals surface area contributed by atoms with Crippen molar-refractivity contribution < 1.29 is 0 Å². The molecule has 2 rings (SSSR count). The smallest absolute Gasteiger partial charge is 0.164 e. The molecule has 0 aliphatic rings. The SMILES string of the molecule is CC(C)(C)NCc1ncn(Cc2cncs2)n1. The van der Waals surface area contributed by atoms with Crippen molar-refractivity contribution in [3.05, 3.63) is 28.7 Å². The second-order valence-corrected chi connectivity index (χ2v) is 5.90. The highest BCUT2D eigenvalue weighted by Gasteiger charge is 2.10. The molecule has 0 atom stereocenters. The van der Waals surface area contributed by atoms with E-state index in [1.54, 1.807) is 17.7 Å². The van der Waals surface area contributed by atoms with Gasteiger partial charge in [0.15, 0.2) is 5.82 Å². The molecule has 6 heteroatoms. The zero-order valence-electron chi connectivity index (χ0n) is 10.3. The molecular weight excluding hydrogens is 234 g/mol. The summed E-state index contributed by atoms with van der Waals surface area (Å²) in [6.45, 7) is 7.82. The minimum Gasteiger partial charge on any atom is -0.305 e. The topological polar surface area (TPSA) is 55.6 Å². The van der Waals surface area contributed by atoms with Crippen molar-refractivity contribution >= 4 is 11.3 Å². The Morgan fingerprint density at radius 2 is 2.24 bits per heavy atom. The van der Waals surface area contributed by atoms with Crippen molar-refractivity contribution in [3.8, 4) is 0 Å². The highest BCUT2D eigenvalue weighted by atomic mass is 32.1. The van der Waals surface area contributed by atoms with Crippen LogP contribution < -0.4 is 5.32 Å². The summed E-state index contributed by atoms with van der Waals surface area (Å²) in [7, 11) is 0. The van der Waals surface area contributed by atoms with Crippen LogP contribution in [0.15, 0.2) is 18.0 Å². The van der Waals surface area contributed by atoms with E-state index in [2.05, 4.69) is 41.2 Å². The lowest BCUT2D eigenvalue weighted by Gasteiger charge is -2.19. The standard InChI is InChI=1S/C11H17N5S/c1-11(2,3)14-5-10-13-7-16(15-10)6-9-4-12-8-17-9/h4,7-8,14H,5-6H2,1-3H3. The van der Waals surface area contributed by atoms with Gasteiger partial charge in [0.2, 0.25) is 0 Å². The summed E-state index contributed by atoms with van der Waals surface area (Å²) in [5.41, 5.74) is 1.91. The van der Waals surface area contributed by atoms with Gasteiger partial charge in [-0.25, -0.2) is 9.67 Å². The molecule has 0 saturated carbocycles. The Hall–Kier alpha value is -1.27. The lowest BCUT2D eigenvalue weighted by Crippen LogP contribution is -2.35. The maximum Gasteiger partial charge on any atom is 0.164 e. The molecule has 2 aromatic heterocycles. The predicted molar refractivity (Wildman–Crippen MR) is 67.8 cm³/mol. The van der Waals surface area contributed by atoms with Gasteiger partial charge in [0.25, 0.3) is 0 Å². The van der Waals surface area contributed by atoms with Crippen LogP contribution in [0.5, 0.6) is 0 Å². The van der Waals surface area contributed by atoms with Crippen LogP contribution in [0.2, 0.25) is 0 Å². The van der Waals surface area contributed by atoms with Gasteiger partial charge in [0, 0.05) is 16.6 Å². The molecule has 0 saturated heterocycles. The van der Waals surface area contributed by atoms with Gasteiger partial charge in [-0.2, -0.15) is 5.10 Å². The lowest BCUT2D eigenvalue weighted by molar-refractivity contribution is 0.417. The van der Waals surface area contributed by atoms with Crippen LogP contribution in [0.3, 0.4) is 0 Å². The van der Waals surface area contributed by atoms with Crippen LogP contribution in [0.4, 0.5) is 0 Å². The van der Waals surface area contributed by atoms with Gasteiger partial charge < -0.3 is 5.32 Å². The van der Waals surface area contributed by atoms with Crippen molar-refractivity contribution in [2.24, 2.45) is 0 Å². The minimum atomic E-state index is 0.0864. The first kappa shape index (κ1) is 12.2. The van der Waals surface area contributed by atoms with Gasteiger partial charge in [-0.15, -0.1) is 11.3 Å². The van der Waals surface area contributed by atoms with E-state index in [0.29, 0.717) is 6.54 Å². The molecule has 0 unspecified atom stereocenters. The molecule has 2 aromatic rings. The fourth-order valence-corrected chi connectivity index (χ4v) is 1.90. The van der Waals surface area contributed by atoms with Gasteiger partial charge in [0.1, 0.15) is 6.33 Å².